The van der Waals surface area contributed by atoms with E-state index in [1.54, 1.807) is 7.05 Å². The van der Waals surface area contributed by atoms with Gasteiger partial charge in [-0.1, -0.05) is 36.4 Å². The first-order valence-corrected chi connectivity index (χ1v) is 9.27. The van der Waals surface area contributed by atoms with E-state index >= 15 is 0 Å². The topological polar surface area (TPSA) is 48.9 Å². The molecule has 1 aliphatic heterocycles. The molecule has 0 bridgehead atoms. The molecule has 1 fully saturated rings. The van der Waals surface area contributed by atoms with Crippen LogP contribution in [0.3, 0.4) is 0 Å². The molecule has 1 aliphatic rings. The molecule has 0 amide bonds. The molecule has 2 aromatic rings. The highest BCUT2D eigenvalue weighted by Gasteiger charge is 2.22. The van der Waals surface area contributed by atoms with Crippen LogP contribution >= 0.6 is 0 Å². The van der Waals surface area contributed by atoms with Gasteiger partial charge in [-0.3, -0.25) is 4.99 Å². The first-order valence-electron chi connectivity index (χ1n) is 9.27. The van der Waals surface area contributed by atoms with E-state index in [1.807, 2.05) is 30.3 Å². The minimum absolute atomic E-state index is 0.607. The van der Waals surface area contributed by atoms with Gasteiger partial charge in [0.25, 0.3) is 0 Å². The van der Waals surface area contributed by atoms with Gasteiger partial charge in [0.05, 0.1) is 6.54 Å². The fourth-order valence-electron chi connectivity index (χ4n) is 3.19. The molecule has 1 heterocycles. The maximum atomic E-state index is 5.69. The van der Waals surface area contributed by atoms with Crippen LogP contribution in [0.5, 0.6) is 5.75 Å². The van der Waals surface area contributed by atoms with Crippen molar-refractivity contribution in [1.82, 2.24) is 10.6 Å². The Balaban J connectivity index is 1.34. The molecule has 2 N–H and O–H groups in total. The van der Waals surface area contributed by atoms with Gasteiger partial charge in [0.2, 0.25) is 0 Å². The fraction of sp³-hybridized carbons (Fsp3) is 0.381. The number of ether oxygens (including phenoxy) is 1. The minimum Gasteiger partial charge on any atom is -0.492 e. The quantitative estimate of drug-likeness (QED) is 0.457. The van der Waals surface area contributed by atoms with Crippen molar-refractivity contribution in [2.45, 2.75) is 6.42 Å². The van der Waals surface area contributed by atoms with E-state index in [0.29, 0.717) is 12.5 Å². The van der Waals surface area contributed by atoms with Gasteiger partial charge in [0.1, 0.15) is 12.4 Å². The van der Waals surface area contributed by atoms with E-state index in [4.69, 9.17) is 4.74 Å². The Morgan fingerprint density at radius 1 is 1.08 bits per heavy atom. The first-order chi connectivity index (χ1) is 12.8. The summed E-state index contributed by atoms with van der Waals surface area (Å²) in [6.45, 7) is 4.46. The van der Waals surface area contributed by atoms with Crippen LogP contribution in [0.1, 0.15) is 6.42 Å². The minimum atomic E-state index is 0.607. The first kappa shape index (κ1) is 18.1. The summed E-state index contributed by atoms with van der Waals surface area (Å²) in [6, 6.07) is 20.5. The lowest BCUT2D eigenvalue weighted by Crippen LogP contribution is -2.41. The third-order valence-electron chi connectivity index (χ3n) is 4.60. The third kappa shape index (κ3) is 5.41. The Kier molecular flexibility index (Phi) is 6.76. The van der Waals surface area contributed by atoms with Crippen molar-refractivity contribution >= 4 is 11.6 Å². The van der Waals surface area contributed by atoms with Crippen LogP contribution in [0.2, 0.25) is 0 Å². The standard InChI is InChI=1S/C21H28N4O/c1-22-21(23-13-15-26-20-10-6-3-7-11-20)24-16-18-12-14-25(17-18)19-8-4-2-5-9-19/h2-11,18H,12-17H2,1H3,(H2,22,23,24). The number of nitrogens with zero attached hydrogens (tertiary/aromatic N) is 2. The van der Waals surface area contributed by atoms with Gasteiger partial charge in [0.15, 0.2) is 5.96 Å². The third-order valence-corrected chi connectivity index (χ3v) is 4.60. The van der Waals surface area contributed by atoms with Gasteiger partial charge < -0.3 is 20.3 Å². The number of nitrogens with one attached hydrogen (secondary N) is 2. The average molecular weight is 352 g/mol. The van der Waals surface area contributed by atoms with Crippen molar-refractivity contribution < 1.29 is 4.74 Å². The number of para-hydroxylation sites is 2. The van der Waals surface area contributed by atoms with Crippen LogP contribution in [-0.4, -0.2) is 45.8 Å². The second-order valence-electron chi connectivity index (χ2n) is 6.48. The number of aliphatic imine (C=N–C) groups is 1. The lowest BCUT2D eigenvalue weighted by atomic mass is 10.1. The summed E-state index contributed by atoms with van der Waals surface area (Å²) < 4.78 is 5.69. The summed E-state index contributed by atoms with van der Waals surface area (Å²) in [4.78, 5) is 6.75. The summed E-state index contributed by atoms with van der Waals surface area (Å²) in [7, 11) is 1.80. The molecule has 26 heavy (non-hydrogen) atoms. The molecule has 2 aromatic carbocycles. The van der Waals surface area contributed by atoms with Gasteiger partial charge in [-0.05, 0) is 36.6 Å². The van der Waals surface area contributed by atoms with E-state index in [9.17, 15) is 0 Å². The van der Waals surface area contributed by atoms with Crippen molar-refractivity contribution in [3.05, 3.63) is 60.7 Å². The molecule has 0 spiro atoms. The summed E-state index contributed by atoms with van der Waals surface area (Å²) in [5, 5.41) is 6.75. The van der Waals surface area contributed by atoms with Gasteiger partial charge >= 0.3 is 0 Å². The van der Waals surface area contributed by atoms with Crippen LogP contribution in [0.15, 0.2) is 65.7 Å². The molecule has 138 valence electrons. The zero-order valence-corrected chi connectivity index (χ0v) is 15.4. The molecular formula is C21H28N4O. The van der Waals surface area contributed by atoms with E-state index in [0.717, 1.165) is 37.9 Å². The van der Waals surface area contributed by atoms with Gasteiger partial charge in [-0.25, -0.2) is 0 Å². The molecule has 5 nitrogen and oxygen atoms in total. The highest BCUT2D eigenvalue weighted by Crippen LogP contribution is 2.22. The summed E-state index contributed by atoms with van der Waals surface area (Å²) >= 11 is 0. The van der Waals surface area contributed by atoms with Crippen molar-refractivity contribution in [3.63, 3.8) is 0 Å². The number of benzene rings is 2. The van der Waals surface area contributed by atoms with Crippen LogP contribution in [0, 0.1) is 5.92 Å². The van der Waals surface area contributed by atoms with E-state index in [2.05, 4.69) is 50.9 Å². The van der Waals surface area contributed by atoms with Crippen molar-refractivity contribution in [2.75, 3.05) is 44.7 Å². The predicted octanol–water partition coefficient (Wildman–Crippen LogP) is 2.76. The van der Waals surface area contributed by atoms with Crippen LogP contribution in [-0.2, 0) is 0 Å². The molecule has 1 atom stereocenters. The molecule has 0 aromatic heterocycles. The maximum absolute atomic E-state index is 5.69. The van der Waals surface area contributed by atoms with Crippen LogP contribution < -0.4 is 20.3 Å². The summed E-state index contributed by atoms with van der Waals surface area (Å²) in [5.41, 5.74) is 1.32. The lowest BCUT2D eigenvalue weighted by molar-refractivity contribution is 0.322. The number of guanidine groups is 1. The number of hydrogen-bond acceptors (Lipinski definition) is 3. The zero-order chi connectivity index (χ0) is 18.0. The summed E-state index contributed by atoms with van der Waals surface area (Å²) in [5.74, 6) is 2.36. The zero-order valence-electron chi connectivity index (χ0n) is 15.4. The molecule has 5 heteroatoms. The van der Waals surface area contributed by atoms with Crippen molar-refractivity contribution in [1.29, 1.82) is 0 Å². The van der Waals surface area contributed by atoms with Gasteiger partial charge in [-0.15, -0.1) is 0 Å². The van der Waals surface area contributed by atoms with Gasteiger partial charge in [-0.2, -0.15) is 0 Å². The Morgan fingerprint density at radius 3 is 2.54 bits per heavy atom. The SMILES string of the molecule is CN=C(NCCOc1ccccc1)NCC1CCN(c2ccccc2)C1. The molecule has 1 saturated heterocycles. The molecule has 0 radical (unpaired) electrons. The van der Waals surface area contributed by atoms with E-state index in [1.165, 1.54) is 12.1 Å². The Labute approximate surface area is 156 Å². The second kappa shape index (κ2) is 9.70. The normalized spacial score (nSPS) is 17.2. The smallest absolute Gasteiger partial charge is 0.191 e. The molecule has 3 rings (SSSR count). The molecular weight excluding hydrogens is 324 g/mol. The van der Waals surface area contributed by atoms with Crippen molar-refractivity contribution in [2.24, 2.45) is 10.9 Å². The highest BCUT2D eigenvalue weighted by atomic mass is 16.5. The number of anilines is 1. The monoisotopic (exact) mass is 352 g/mol. The molecule has 0 aliphatic carbocycles. The average Bonchev–Trinajstić information content (AvgIpc) is 3.18. The largest absolute Gasteiger partial charge is 0.492 e. The van der Waals surface area contributed by atoms with Crippen LogP contribution in [0.4, 0.5) is 5.69 Å². The van der Waals surface area contributed by atoms with Crippen LogP contribution in [0.25, 0.3) is 0 Å². The predicted molar refractivity (Wildman–Crippen MR) is 108 cm³/mol. The molecule has 1 unspecified atom stereocenters. The van der Waals surface area contributed by atoms with E-state index in [-0.39, 0.29) is 0 Å². The Hall–Kier alpha value is -2.69. The Bertz CT molecular complexity index is 675. The van der Waals surface area contributed by atoms with Crippen molar-refractivity contribution in [3.8, 4) is 5.75 Å². The molecule has 0 saturated carbocycles. The second-order valence-corrected chi connectivity index (χ2v) is 6.48. The van der Waals surface area contributed by atoms with E-state index < -0.39 is 0 Å². The highest BCUT2D eigenvalue weighted by molar-refractivity contribution is 5.79. The lowest BCUT2D eigenvalue weighted by Gasteiger charge is -2.19. The maximum Gasteiger partial charge on any atom is 0.191 e. The van der Waals surface area contributed by atoms with Gasteiger partial charge in [0, 0.05) is 32.4 Å². The Morgan fingerprint density at radius 2 is 1.81 bits per heavy atom. The number of rotatable bonds is 7. The fourth-order valence-corrected chi connectivity index (χ4v) is 3.19. The number of hydrogen-bond donors (Lipinski definition) is 2. The summed E-state index contributed by atoms with van der Waals surface area (Å²) in [6.07, 6.45) is 1.20.